The Morgan fingerprint density at radius 2 is 2.20 bits per heavy atom. The zero-order chi connectivity index (χ0) is 14.8. The van der Waals surface area contributed by atoms with Crippen molar-refractivity contribution in [3.05, 3.63) is 41.4 Å². The minimum absolute atomic E-state index is 0.0277. The molecule has 0 aliphatic heterocycles. The Morgan fingerprint density at radius 3 is 2.70 bits per heavy atom. The summed E-state index contributed by atoms with van der Waals surface area (Å²) in [6.45, 7) is 1.66. The van der Waals surface area contributed by atoms with Gasteiger partial charge in [0.2, 0.25) is 10.0 Å². The third kappa shape index (κ3) is 3.54. The Hall–Kier alpha value is -2.42. The molecule has 2 N–H and O–H groups in total. The second kappa shape index (κ2) is 5.29. The van der Waals surface area contributed by atoms with Gasteiger partial charge in [-0.2, -0.15) is 0 Å². The molecule has 0 saturated carbocycles. The van der Waals surface area contributed by atoms with Crippen molar-refractivity contribution in [2.24, 2.45) is 0 Å². The fourth-order valence-electron chi connectivity index (χ4n) is 1.46. The van der Waals surface area contributed by atoms with E-state index in [1.54, 1.807) is 6.92 Å². The van der Waals surface area contributed by atoms with Crippen LogP contribution >= 0.6 is 0 Å². The summed E-state index contributed by atoms with van der Waals surface area (Å²) in [5.74, 6) is -0.938. The summed E-state index contributed by atoms with van der Waals surface area (Å²) < 4.78 is 30.7. The van der Waals surface area contributed by atoms with Crippen molar-refractivity contribution < 1.29 is 22.8 Å². The second-order valence-electron chi connectivity index (χ2n) is 4.03. The average molecular weight is 297 g/mol. The van der Waals surface area contributed by atoms with Crippen molar-refractivity contribution in [2.75, 3.05) is 4.72 Å². The number of carbonyl (C=O) groups is 1. The van der Waals surface area contributed by atoms with Crippen LogP contribution in [0.15, 0.2) is 28.9 Å². The molecule has 0 amide bonds. The van der Waals surface area contributed by atoms with Crippen LogP contribution < -0.4 is 4.72 Å². The van der Waals surface area contributed by atoms with Gasteiger partial charge in [-0.15, -0.1) is 0 Å². The molecule has 0 fully saturated rings. The first-order valence-electron chi connectivity index (χ1n) is 5.48. The van der Waals surface area contributed by atoms with E-state index in [0.29, 0.717) is 5.76 Å². The van der Waals surface area contributed by atoms with E-state index in [2.05, 4.69) is 14.9 Å². The molecule has 0 aliphatic rings. The van der Waals surface area contributed by atoms with Crippen molar-refractivity contribution in [1.29, 1.82) is 0 Å². The summed E-state index contributed by atoms with van der Waals surface area (Å²) in [6.07, 6.45) is 1.07. The predicted molar refractivity (Wildman–Crippen MR) is 68.7 cm³/mol. The fourth-order valence-corrected chi connectivity index (χ4v) is 2.49. The summed E-state index contributed by atoms with van der Waals surface area (Å²) in [4.78, 5) is 14.4. The Morgan fingerprint density at radius 1 is 1.45 bits per heavy atom. The van der Waals surface area contributed by atoms with E-state index in [0.717, 1.165) is 6.20 Å². The molecule has 0 radical (unpaired) electrons. The van der Waals surface area contributed by atoms with Gasteiger partial charge in [0.1, 0.15) is 23.0 Å². The largest absolute Gasteiger partial charge is 0.478 e. The van der Waals surface area contributed by atoms with E-state index in [4.69, 9.17) is 9.63 Å². The first kappa shape index (κ1) is 14.0. The van der Waals surface area contributed by atoms with E-state index in [-0.39, 0.29) is 22.8 Å². The molecule has 20 heavy (non-hydrogen) atoms. The van der Waals surface area contributed by atoms with Gasteiger partial charge in [-0.3, -0.25) is 4.72 Å². The topological polar surface area (TPSA) is 122 Å². The van der Waals surface area contributed by atoms with Crippen LogP contribution in [0.3, 0.4) is 0 Å². The molecule has 2 rings (SSSR count). The second-order valence-corrected chi connectivity index (χ2v) is 5.75. The maximum atomic E-state index is 11.8. The van der Waals surface area contributed by atoms with Gasteiger partial charge in [0.15, 0.2) is 0 Å². The van der Waals surface area contributed by atoms with E-state index in [1.807, 2.05) is 0 Å². The standard InChI is InChI=1S/C11H11N3O5S/c1-7-4-9(13-19-7)6-20(17,18)14-10-3-2-8(5-12-10)11(15)16/h2-5H,6H2,1H3,(H,12,14)(H,15,16). The van der Waals surface area contributed by atoms with E-state index < -0.39 is 16.0 Å². The molecule has 0 saturated heterocycles. The highest BCUT2D eigenvalue weighted by molar-refractivity contribution is 7.91. The number of aromatic nitrogens is 2. The number of carboxylic acid groups (broad SMARTS) is 1. The van der Waals surface area contributed by atoms with Gasteiger partial charge in [-0.1, -0.05) is 5.16 Å². The Bertz CT molecular complexity index is 721. The van der Waals surface area contributed by atoms with Crippen molar-refractivity contribution in [3.8, 4) is 0 Å². The summed E-state index contributed by atoms with van der Waals surface area (Å²) in [6, 6.07) is 4.04. The zero-order valence-corrected chi connectivity index (χ0v) is 11.2. The molecule has 2 aromatic heterocycles. The molecular formula is C11H11N3O5S. The van der Waals surface area contributed by atoms with Crippen LogP contribution in [0, 0.1) is 6.92 Å². The predicted octanol–water partition coefficient (Wildman–Crippen LogP) is 1.02. The van der Waals surface area contributed by atoms with E-state index in [1.165, 1.54) is 18.2 Å². The lowest BCUT2D eigenvalue weighted by molar-refractivity contribution is 0.0696. The van der Waals surface area contributed by atoms with Crippen LogP contribution in [0.1, 0.15) is 21.8 Å². The van der Waals surface area contributed by atoms with Crippen LogP contribution in [-0.2, 0) is 15.8 Å². The summed E-state index contributed by atoms with van der Waals surface area (Å²) in [5, 5.41) is 12.3. The van der Waals surface area contributed by atoms with Crippen molar-refractivity contribution >= 4 is 21.8 Å². The van der Waals surface area contributed by atoms with Crippen LogP contribution in [0.2, 0.25) is 0 Å². The maximum absolute atomic E-state index is 11.8. The molecular weight excluding hydrogens is 286 g/mol. The summed E-state index contributed by atoms with van der Waals surface area (Å²) in [5.41, 5.74) is 0.247. The number of nitrogens with zero attached hydrogens (tertiary/aromatic N) is 2. The number of carboxylic acids is 1. The quantitative estimate of drug-likeness (QED) is 0.844. The van der Waals surface area contributed by atoms with Crippen LogP contribution in [-0.4, -0.2) is 29.6 Å². The normalized spacial score (nSPS) is 11.2. The van der Waals surface area contributed by atoms with Crippen LogP contribution in [0.4, 0.5) is 5.82 Å². The SMILES string of the molecule is Cc1cc(CS(=O)(=O)Nc2ccc(C(=O)O)cn2)no1. The lowest BCUT2D eigenvalue weighted by atomic mass is 10.3. The molecule has 0 spiro atoms. The molecule has 106 valence electrons. The van der Waals surface area contributed by atoms with Gasteiger partial charge in [0.05, 0.1) is 5.56 Å². The van der Waals surface area contributed by atoms with Crippen LogP contribution in [0.5, 0.6) is 0 Å². The maximum Gasteiger partial charge on any atom is 0.337 e. The molecule has 0 atom stereocenters. The number of nitrogens with one attached hydrogen (secondary N) is 1. The van der Waals surface area contributed by atoms with Crippen LogP contribution in [0.25, 0.3) is 0 Å². The molecule has 0 bridgehead atoms. The minimum Gasteiger partial charge on any atom is -0.478 e. The number of sulfonamides is 1. The number of rotatable bonds is 5. The van der Waals surface area contributed by atoms with Gasteiger partial charge >= 0.3 is 5.97 Å². The smallest absolute Gasteiger partial charge is 0.337 e. The highest BCUT2D eigenvalue weighted by atomic mass is 32.2. The Balaban J connectivity index is 2.09. The van der Waals surface area contributed by atoms with E-state index in [9.17, 15) is 13.2 Å². The Kier molecular flexibility index (Phi) is 3.70. The number of pyridine rings is 1. The first-order chi connectivity index (χ1) is 9.35. The minimum atomic E-state index is -3.69. The zero-order valence-electron chi connectivity index (χ0n) is 10.4. The highest BCUT2D eigenvalue weighted by Crippen LogP contribution is 2.11. The lowest BCUT2D eigenvalue weighted by Gasteiger charge is -2.05. The molecule has 0 aliphatic carbocycles. The molecule has 2 heterocycles. The van der Waals surface area contributed by atoms with Gasteiger partial charge in [0.25, 0.3) is 0 Å². The lowest BCUT2D eigenvalue weighted by Crippen LogP contribution is -2.16. The first-order valence-corrected chi connectivity index (χ1v) is 7.13. The van der Waals surface area contributed by atoms with Gasteiger partial charge in [-0.05, 0) is 19.1 Å². The molecule has 0 unspecified atom stereocenters. The monoisotopic (exact) mass is 297 g/mol. The van der Waals surface area contributed by atoms with Gasteiger partial charge in [0, 0.05) is 12.3 Å². The average Bonchev–Trinajstić information content (AvgIpc) is 2.73. The summed E-state index contributed by atoms with van der Waals surface area (Å²) >= 11 is 0. The Labute approximate surface area is 114 Å². The van der Waals surface area contributed by atoms with Crippen molar-refractivity contribution in [1.82, 2.24) is 10.1 Å². The van der Waals surface area contributed by atoms with Crippen molar-refractivity contribution in [2.45, 2.75) is 12.7 Å². The van der Waals surface area contributed by atoms with Crippen molar-refractivity contribution in [3.63, 3.8) is 0 Å². The molecule has 0 aromatic carbocycles. The number of anilines is 1. The molecule has 9 heteroatoms. The highest BCUT2D eigenvalue weighted by Gasteiger charge is 2.15. The molecule has 2 aromatic rings. The van der Waals surface area contributed by atoms with E-state index >= 15 is 0 Å². The number of hydrogen-bond donors (Lipinski definition) is 2. The number of aromatic carboxylic acids is 1. The summed E-state index contributed by atoms with van der Waals surface area (Å²) in [7, 11) is -3.69. The van der Waals surface area contributed by atoms with Gasteiger partial charge in [-0.25, -0.2) is 18.2 Å². The molecule has 8 nitrogen and oxygen atoms in total. The van der Waals surface area contributed by atoms with Gasteiger partial charge < -0.3 is 9.63 Å². The number of hydrogen-bond acceptors (Lipinski definition) is 6. The third-order valence-corrected chi connectivity index (χ3v) is 3.48. The fraction of sp³-hybridized carbons (Fsp3) is 0.182. The third-order valence-electron chi connectivity index (χ3n) is 2.29. The number of aryl methyl sites for hydroxylation is 1.